The molecule has 25 heavy (non-hydrogen) atoms. The van der Waals surface area contributed by atoms with Crippen LogP contribution < -0.4 is 0 Å². The number of pyridine rings is 1. The Balaban J connectivity index is 2.30. The number of rotatable bonds is 2. The fourth-order valence-corrected chi connectivity index (χ4v) is 3.76. The third-order valence-electron chi connectivity index (χ3n) is 3.25. The lowest BCUT2D eigenvalue weighted by molar-refractivity contribution is -0.160. The van der Waals surface area contributed by atoms with Crippen molar-refractivity contribution in [3.05, 3.63) is 30.1 Å². The van der Waals surface area contributed by atoms with Gasteiger partial charge in [0, 0.05) is 23.7 Å². The molecule has 1 amide bonds. The van der Waals surface area contributed by atoms with Crippen molar-refractivity contribution in [2.24, 2.45) is 0 Å². The van der Waals surface area contributed by atoms with E-state index in [-0.39, 0.29) is 5.37 Å². The number of aromatic nitrogens is 1. The number of carbonyl (C=O) groups excluding carboxylic acids is 2. The maximum absolute atomic E-state index is 12.8. The van der Waals surface area contributed by atoms with E-state index in [1.165, 1.54) is 16.7 Å². The molecule has 138 valence electrons. The first-order valence-electron chi connectivity index (χ1n) is 8.24. The van der Waals surface area contributed by atoms with E-state index in [0.717, 1.165) is 5.56 Å². The molecule has 0 radical (unpaired) electrons. The average molecular weight is 366 g/mol. The molecule has 7 heteroatoms. The topological polar surface area (TPSA) is 68.7 Å². The number of hydrogen-bond donors (Lipinski definition) is 0. The van der Waals surface area contributed by atoms with Gasteiger partial charge in [0.2, 0.25) is 0 Å². The molecule has 2 rings (SSSR count). The summed E-state index contributed by atoms with van der Waals surface area (Å²) < 4.78 is 11.0. The molecular formula is C18H26N2O4S. The summed E-state index contributed by atoms with van der Waals surface area (Å²) in [6.45, 7) is 10.8. The van der Waals surface area contributed by atoms with E-state index in [0.29, 0.717) is 5.75 Å². The summed E-state index contributed by atoms with van der Waals surface area (Å²) >= 11 is 1.50. The maximum Gasteiger partial charge on any atom is 0.412 e. The Morgan fingerprint density at radius 1 is 1.16 bits per heavy atom. The van der Waals surface area contributed by atoms with Crippen LogP contribution in [0.25, 0.3) is 0 Å². The number of thioether (sulfide) groups is 1. The largest absolute Gasteiger partial charge is 0.458 e. The summed E-state index contributed by atoms with van der Waals surface area (Å²) in [7, 11) is 0. The van der Waals surface area contributed by atoms with Crippen LogP contribution in [0.3, 0.4) is 0 Å². The number of esters is 1. The molecular weight excluding hydrogens is 340 g/mol. The van der Waals surface area contributed by atoms with Gasteiger partial charge in [-0.15, -0.1) is 11.8 Å². The van der Waals surface area contributed by atoms with Gasteiger partial charge in [0.05, 0.1) is 0 Å². The highest BCUT2D eigenvalue weighted by atomic mass is 32.2. The maximum atomic E-state index is 12.8. The van der Waals surface area contributed by atoms with E-state index < -0.39 is 29.3 Å². The second-order valence-corrected chi connectivity index (χ2v) is 9.02. The molecule has 0 bridgehead atoms. The standard InChI is InChI=1S/C18H26N2O4S/c1-17(2,3)23-15(21)13-11-25-14(12-8-7-9-19-10-12)20(13)16(22)24-18(4,5)6/h7-10,13-14H,11H2,1-6H3/t13-,14?/m0/s1. The first-order valence-corrected chi connectivity index (χ1v) is 9.28. The molecule has 0 N–H and O–H groups in total. The normalized spacial score (nSPS) is 21.1. The number of amides is 1. The van der Waals surface area contributed by atoms with Gasteiger partial charge in [-0.25, -0.2) is 9.59 Å². The van der Waals surface area contributed by atoms with Gasteiger partial charge in [0.15, 0.2) is 0 Å². The van der Waals surface area contributed by atoms with E-state index in [9.17, 15) is 9.59 Å². The highest BCUT2D eigenvalue weighted by molar-refractivity contribution is 7.99. The minimum Gasteiger partial charge on any atom is -0.458 e. The highest BCUT2D eigenvalue weighted by Crippen LogP contribution is 2.42. The predicted octanol–water partition coefficient (Wildman–Crippen LogP) is 3.77. The lowest BCUT2D eigenvalue weighted by Gasteiger charge is -2.32. The molecule has 1 fully saturated rings. The molecule has 0 aromatic carbocycles. The molecule has 0 aliphatic carbocycles. The van der Waals surface area contributed by atoms with Crippen molar-refractivity contribution in [3.63, 3.8) is 0 Å². The fourth-order valence-electron chi connectivity index (χ4n) is 2.37. The smallest absolute Gasteiger partial charge is 0.412 e. The van der Waals surface area contributed by atoms with Crippen LogP contribution in [0.4, 0.5) is 4.79 Å². The quantitative estimate of drug-likeness (QED) is 0.742. The first kappa shape index (κ1) is 19.6. The van der Waals surface area contributed by atoms with Crippen LogP contribution in [0.5, 0.6) is 0 Å². The molecule has 2 atom stereocenters. The second-order valence-electron chi connectivity index (χ2n) is 7.91. The molecule has 2 heterocycles. The molecule has 1 aliphatic rings. The lowest BCUT2D eigenvalue weighted by Crippen LogP contribution is -2.47. The van der Waals surface area contributed by atoms with Crippen molar-refractivity contribution < 1.29 is 19.1 Å². The summed E-state index contributed by atoms with van der Waals surface area (Å²) in [5.41, 5.74) is -0.416. The van der Waals surface area contributed by atoms with Crippen LogP contribution in [-0.2, 0) is 14.3 Å². The Hall–Kier alpha value is -1.76. The van der Waals surface area contributed by atoms with Crippen molar-refractivity contribution in [1.29, 1.82) is 0 Å². The first-order chi connectivity index (χ1) is 11.5. The molecule has 6 nitrogen and oxygen atoms in total. The third kappa shape index (κ3) is 5.36. The number of ether oxygens (including phenoxy) is 2. The van der Waals surface area contributed by atoms with Gasteiger partial charge in [0.25, 0.3) is 0 Å². The number of hydrogen-bond acceptors (Lipinski definition) is 6. The Kier molecular flexibility index (Phi) is 5.66. The van der Waals surface area contributed by atoms with E-state index in [1.54, 1.807) is 33.2 Å². The zero-order chi connectivity index (χ0) is 18.8. The van der Waals surface area contributed by atoms with Crippen LogP contribution in [0.2, 0.25) is 0 Å². The monoisotopic (exact) mass is 366 g/mol. The number of nitrogens with zero attached hydrogens (tertiary/aromatic N) is 2. The minimum absolute atomic E-state index is 0.332. The van der Waals surface area contributed by atoms with E-state index in [4.69, 9.17) is 9.47 Å². The van der Waals surface area contributed by atoms with Crippen molar-refractivity contribution >= 4 is 23.8 Å². The Labute approximate surface area is 153 Å². The summed E-state index contributed by atoms with van der Waals surface area (Å²) in [6, 6.07) is 3.01. The van der Waals surface area contributed by atoms with Gasteiger partial charge >= 0.3 is 12.1 Å². The highest BCUT2D eigenvalue weighted by Gasteiger charge is 2.45. The Morgan fingerprint density at radius 3 is 2.32 bits per heavy atom. The molecule has 1 saturated heterocycles. The van der Waals surface area contributed by atoms with Crippen LogP contribution >= 0.6 is 11.8 Å². The summed E-state index contributed by atoms with van der Waals surface area (Å²) in [5, 5.41) is -0.332. The Bertz CT molecular complexity index is 622. The SMILES string of the molecule is CC(C)(C)OC(=O)[C@@H]1CSC(c2cccnc2)N1C(=O)OC(C)(C)C. The summed E-state index contributed by atoms with van der Waals surface area (Å²) in [4.78, 5) is 31.0. The summed E-state index contributed by atoms with van der Waals surface area (Å²) in [5.74, 6) is 0.0329. The zero-order valence-electron chi connectivity index (χ0n) is 15.6. The van der Waals surface area contributed by atoms with Gasteiger partial charge < -0.3 is 9.47 Å². The minimum atomic E-state index is -0.690. The van der Waals surface area contributed by atoms with Crippen LogP contribution in [0, 0.1) is 0 Å². The molecule has 1 aliphatic heterocycles. The van der Waals surface area contributed by atoms with Crippen molar-refractivity contribution in [2.45, 2.75) is 64.2 Å². The van der Waals surface area contributed by atoms with Crippen LogP contribution in [0.1, 0.15) is 52.5 Å². The fraction of sp³-hybridized carbons (Fsp3) is 0.611. The van der Waals surface area contributed by atoms with Crippen molar-refractivity contribution in [2.75, 3.05) is 5.75 Å². The van der Waals surface area contributed by atoms with Crippen LogP contribution in [-0.4, -0.2) is 44.9 Å². The van der Waals surface area contributed by atoms with E-state index >= 15 is 0 Å². The molecule has 0 saturated carbocycles. The molecule has 0 spiro atoms. The van der Waals surface area contributed by atoms with E-state index in [2.05, 4.69) is 4.98 Å². The second kappa shape index (κ2) is 7.23. The Morgan fingerprint density at radius 2 is 1.80 bits per heavy atom. The van der Waals surface area contributed by atoms with Gasteiger partial charge in [-0.2, -0.15) is 0 Å². The average Bonchev–Trinajstić information content (AvgIpc) is 2.89. The number of carbonyl (C=O) groups is 2. The van der Waals surface area contributed by atoms with Crippen LogP contribution in [0.15, 0.2) is 24.5 Å². The third-order valence-corrected chi connectivity index (χ3v) is 4.58. The lowest BCUT2D eigenvalue weighted by atomic mass is 10.1. The zero-order valence-corrected chi connectivity index (χ0v) is 16.4. The van der Waals surface area contributed by atoms with Crippen molar-refractivity contribution in [3.8, 4) is 0 Å². The predicted molar refractivity (Wildman–Crippen MR) is 97.1 cm³/mol. The molecule has 1 aromatic heterocycles. The molecule has 1 unspecified atom stereocenters. The van der Waals surface area contributed by atoms with E-state index in [1.807, 2.05) is 32.9 Å². The van der Waals surface area contributed by atoms with Crippen molar-refractivity contribution in [1.82, 2.24) is 9.88 Å². The van der Waals surface area contributed by atoms with Gasteiger partial charge in [-0.3, -0.25) is 9.88 Å². The molecule has 1 aromatic rings. The summed E-state index contributed by atoms with van der Waals surface area (Å²) in [6.07, 6.45) is 2.85. The van der Waals surface area contributed by atoms with Gasteiger partial charge in [-0.1, -0.05) is 6.07 Å². The van der Waals surface area contributed by atoms with Gasteiger partial charge in [0.1, 0.15) is 22.6 Å². The van der Waals surface area contributed by atoms with Gasteiger partial charge in [-0.05, 0) is 47.6 Å².